The first-order valence-corrected chi connectivity index (χ1v) is 10.3. The van der Waals surface area contributed by atoms with Gasteiger partial charge in [-0.15, -0.1) is 17.9 Å². The van der Waals surface area contributed by atoms with Crippen molar-refractivity contribution in [1.82, 2.24) is 9.80 Å². The molecule has 0 saturated heterocycles. The van der Waals surface area contributed by atoms with Crippen LogP contribution < -0.4 is 0 Å². The SMILES string of the molecule is C=CCN(Cc1ccc(Cl)s1)C(=O)c1ccc2c(c1)C(=O)N(CCCOC)C2=O. The molecule has 0 aliphatic carbocycles. The number of carbonyl (C=O) groups excluding carboxylic acids is 3. The lowest BCUT2D eigenvalue weighted by Crippen LogP contribution is -2.31. The molecule has 29 heavy (non-hydrogen) atoms. The molecule has 0 N–H and O–H groups in total. The Bertz CT molecular complexity index is 956. The highest BCUT2D eigenvalue weighted by atomic mass is 35.5. The Hall–Kier alpha value is -2.48. The van der Waals surface area contributed by atoms with Crippen LogP contribution >= 0.6 is 22.9 Å². The Balaban J connectivity index is 1.81. The van der Waals surface area contributed by atoms with Crippen molar-refractivity contribution in [2.24, 2.45) is 0 Å². The summed E-state index contributed by atoms with van der Waals surface area (Å²) >= 11 is 7.39. The van der Waals surface area contributed by atoms with Crippen LogP contribution in [-0.4, -0.2) is 54.3 Å². The molecule has 1 aromatic heterocycles. The van der Waals surface area contributed by atoms with Crippen LogP contribution in [0.5, 0.6) is 0 Å². The average molecular weight is 433 g/mol. The van der Waals surface area contributed by atoms with Gasteiger partial charge in [0.05, 0.1) is 22.0 Å². The van der Waals surface area contributed by atoms with E-state index < -0.39 is 0 Å². The molecule has 0 saturated carbocycles. The summed E-state index contributed by atoms with van der Waals surface area (Å²) in [7, 11) is 1.57. The highest BCUT2D eigenvalue weighted by molar-refractivity contribution is 7.16. The van der Waals surface area contributed by atoms with E-state index in [0.29, 0.717) is 41.6 Å². The van der Waals surface area contributed by atoms with Crippen LogP contribution in [0, 0.1) is 0 Å². The molecule has 1 aliphatic heterocycles. The normalized spacial score (nSPS) is 13.0. The molecular weight excluding hydrogens is 412 g/mol. The Kier molecular flexibility index (Phi) is 6.84. The lowest BCUT2D eigenvalue weighted by atomic mass is 10.0. The number of imide groups is 1. The molecule has 1 aliphatic rings. The number of halogens is 1. The van der Waals surface area contributed by atoms with Gasteiger partial charge in [-0.2, -0.15) is 0 Å². The fourth-order valence-corrected chi connectivity index (χ4v) is 4.28. The number of thiophene rings is 1. The molecule has 0 atom stereocenters. The van der Waals surface area contributed by atoms with Crippen LogP contribution in [-0.2, 0) is 11.3 Å². The summed E-state index contributed by atoms with van der Waals surface area (Å²) in [5.41, 5.74) is 0.938. The number of benzene rings is 1. The van der Waals surface area contributed by atoms with Gasteiger partial charge < -0.3 is 9.64 Å². The number of rotatable bonds is 9. The standard InChI is InChI=1S/C21H21ClN2O4S/c1-3-9-23(13-15-6-8-18(22)29-15)19(25)14-5-7-16-17(12-14)21(27)24(20(16)26)10-4-11-28-2/h3,5-8,12H,1,4,9-11,13H2,2H3. The number of fused-ring (bicyclic) bond motifs is 1. The molecule has 0 radical (unpaired) electrons. The van der Waals surface area contributed by atoms with E-state index in [1.54, 1.807) is 36.3 Å². The van der Waals surface area contributed by atoms with Crippen molar-refractivity contribution < 1.29 is 19.1 Å². The fraction of sp³-hybridized carbons (Fsp3) is 0.286. The molecule has 2 aromatic rings. The summed E-state index contributed by atoms with van der Waals surface area (Å²) in [6.45, 7) is 5.19. The minimum atomic E-state index is -0.379. The predicted octanol–water partition coefficient (Wildman–Crippen LogP) is 3.86. The third-order valence-electron chi connectivity index (χ3n) is 4.56. The van der Waals surface area contributed by atoms with E-state index in [-0.39, 0.29) is 29.8 Å². The highest BCUT2D eigenvalue weighted by Gasteiger charge is 2.35. The van der Waals surface area contributed by atoms with Crippen molar-refractivity contribution in [3.63, 3.8) is 0 Å². The van der Waals surface area contributed by atoms with Gasteiger partial charge in [0, 0.05) is 37.2 Å². The first-order valence-electron chi connectivity index (χ1n) is 9.09. The number of hydrogen-bond acceptors (Lipinski definition) is 5. The summed E-state index contributed by atoms with van der Waals surface area (Å²) < 4.78 is 5.64. The number of hydrogen-bond donors (Lipinski definition) is 0. The summed E-state index contributed by atoms with van der Waals surface area (Å²) in [6, 6.07) is 8.30. The second kappa shape index (κ2) is 9.35. The van der Waals surface area contributed by atoms with Gasteiger partial charge >= 0.3 is 0 Å². The molecule has 3 amide bonds. The summed E-state index contributed by atoms with van der Waals surface area (Å²) in [4.78, 5) is 42.0. The Morgan fingerprint density at radius 2 is 2.00 bits per heavy atom. The number of carbonyl (C=O) groups is 3. The summed E-state index contributed by atoms with van der Waals surface area (Å²) in [5, 5.41) is 0. The zero-order valence-corrected chi connectivity index (χ0v) is 17.6. The van der Waals surface area contributed by atoms with Gasteiger partial charge in [0.15, 0.2) is 0 Å². The summed E-state index contributed by atoms with van der Waals surface area (Å²) in [5.74, 6) is -0.956. The number of amides is 3. The van der Waals surface area contributed by atoms with E-state index in [2.05, 4.69) is 6.58 Å². The van der Waals surface area contributed by atoms with Crippen LogP contribution in [0.2, 0.25) is 4.34 Å². The van der Waals surface area contributed by atoms with Crippen molar-refractivity contribution in [2.75, 3.05) is 26.8 Å². The van der Waals surface area contributed by atoms with Crippen molar-refractivity contribution in [2.45, 2.75) is 13.0 Å². The minimum absolute atomic E-state index is 0.240. The molecule has 6 nitrogen and oxygen atoms in total. The Labute approximate surface area is 178 Å². The lowest BCUT2D eigenvalue weighted by molar-refractivity contribution is 0.0638. The van der Waals surface area contributed by atoms with Crippen molar-refractivity contribution in [1.29, 1.82) is 0 Å². The van der Waals surface area contributed by atoms with Gasteiger partial charge in [0.1, 0.15) is 0 Å². The van der Waals surface area contributed by atoms with E-state index in [0.717, 1.165) is 4.88 Å². The van der Waals surface area contributed by atoms with Gasteiger partial charge in [-0.1, -0.05) is 17.7 Å². The monoisotopic (exact) mass is 432 g/mol. The third-order valence-corrected chi connectivity index (χ3v) is 5.78. The molecule has 2 heterocycles. The number of methoxy groups -OCH3 is 1. The quantitative estimate of drug-likeness (QED) is 0.343. The largest absolute Gasteiger partial charge is 0.385 e. The summed E-state index contributed by atoms with van der Waals surface area (Å²) in [6.07, 6.45) is 2.21. The molecular formula is C21H21ClN2O4S. The minimum Gasteiger partial charge on any atom is -0.385 e. The Morgan fingerprint density at radius 3 is 2.66 bits per heavy atom. The van der Waals surface area contributed by atoms with E-state index in [1.165, 1.54) is 22.3 Å². The molecule has 0 bridgehead atoms. The van der Waals surface area contributed by atoms with E-state index in [1.807, 2.05) is 6.07 Å². The van der Waals surface area contributed by atoms with Crippen LogP contribution in [0.3, 0.4) is 0 Å². The van der Waals surface area contributed by atoms with Crippen LogP contribution in [0.25, 0.3) is 0 Å². The van der Waals surface area contributed by atoms with Crippen molar-refractivity contribution >= 4 is 40.7 Å². The number of nitrogens with zero attached hydrogens (tertiary/aromatic N) is 2. The molecule has 152 valence electrons. The van der Waals surface area contributed by atoms with Gasteiger partial charge in [-0.25, -0.2) is 0 Å². The van der Waals surface area contributed by atoms with Crippen molar-refractivity contribution in [3.8, 4) is 0 Å². The molecule has 3 rings (SSSR count). The molecule has 0 spiro atoms. The zero-order valence-electron chi connectivity index (χ0n) is 16.0. The van der Waals surface area contributed by atoms with Crippen LogP contribution in [0.1, 0.15) is 42.4 Å². The maximum atomic E-state index is 13.0. The van der Waals surface area contributed by atoms with E-state index >= 15 is 0 Å². The second-order valence-corrected chi connectivity index (χ2v) is 8.35. The average Bonchev–Trinajstić information content (AvgIpc) is 3.23. The van der Waals surface area contributed by atoms with Gasteiger partial charge in [0.2, 0.25) is 0 Å². The van der Waals surface area contributed by atoms with Crippen LogP contribution in [0.15, 0.2) is 43.0 Å². The topological polar surface area (TPSA) is 66.9 Å². The second-order valence-electron chi connectivity index (χ2n) is 6.55. The first-order chi connectivity index (χ1) is 14.0. The maximum absolute atomic E-state index is 13.0. The predicted molar refractivity (Wildman–Crippen MR) is 113 cm³/mol. The smallest absolute Gasteiger partial charge is 0.261 e. The maximum Gasteiger partial charge on any atom is 0.261 e. The molecule has 1 aromatic carbocycles. The highest BCUT2D eigenvalue weighted by Crippen LogP contribution is 2.26. The number of ether oxygens (including phenoxy) is 1. The molecule has 0 unspecified atom stereocenters. The Morgan fingerprint density at radius 1 is 1.24 bits per heavy atom. The zero-order chi connectivity index (χ0) is 21.0. The van der Waals surface area contributed by atoms with Gasteiger partial charge in [-0.05, 0) is 36.8 Å². The lowest BCUT2D eigenvalue weighted by Gasteiger charge is -2.20. The van der Waals surface area contributed by atoms with Crippen molar-refractivity contribution in [3.05, 3.63) is 68.9 Å². The first kappa shape index (κ1) is 21.2. The van der Waals surface area contributed by atoms with E-state index in [9.17, 15) is 14.4 Å². The third kappa shape index (κ3) is 4.58. The fourth-order valence-electron chi connectivity index (χ4n) is 3.18. The molecule has 0 fully saturated rings. The molecule has 8 heteroatoms. The van der Waals surface area contributed by atoms with Gasteiger partial charge in [-0.3, -0.25) is 19.3 Å². The van der Waals surface area contributed by atoms with Crippen LogP contribution in [0.4, 0.5) is 0 Å². The van der Waals surface area contributed by atoms with E-state index in [4.69, 9.17) is 16.3 Å². The van der Waals surface area contributed by atoms with Gasteiger partial charge in [0.25, 0.3) is 17.7 Å².